The fraction of sp³-hybridized carbons (Fsp3) is 0.344. The van der Waals surface area contributed by atoms with Gasteiger partial charge >= 0.3 is 209 Å². The Labute approximate surface area is 228 Å². The summed E-state index contributed by atoms with van der Waals surface area (Å²) >= 11 is 2.77. The fourth-order valence-corrected chi connectivity index (χ4v) is 6.01. The molecule has 1 aliphatic carbocycles. The number of nitrogens with zero attached hydrogens (tertiary/aromatic N) is 1. The molecule has 1 N–H and O–H groups in total. The predicted molar refractivity (Wildman–Crippen MR) is 155 cm³/mol. The van der Waals surface area contributed by atoms with E-state index in [0.29, 0.717) is 12.5 Å². The smallest absolute Gasteiger partial charge is 0.0494 e. The van der Waals surface area contributed by atoms with Crippen LogP contribution in [-0.4, -0.2) is 39.6 Å². The molecular weight excluding hydrogens is 523 g/mol. The number of methoxy groups -OCH3 is 1. The molecule has 5 heteroatoms. The summed E-state index contributed by atoms with van der Waals surface area (Å²) in [5, 5.41) is 4.39. The van der Waals surface area contributed by atoms with E-state index in [1.54, 1.807) is 7.11 Å². The van der Waals surface area contributed by atoms with Gasteiger partial charge in [-0.3, -0.25) is 0 Å². The monoisotopic (exact) mass is 560 g/mol. The van der Waals surface area contributed by atoms with E-state index in [-0.39, 0.29) is 5.91 Å². The minimum absolute atomic E-state index is 0.214. The van der Waals surface area contributed by atoms with Gasteiger partial charge in [-0.2, -0.15) is 0 Å². The summed E-state index contributed by atoms with van der Waals surface area (Å²) < 4.78 is 9.22. The second kappa shape index (κ2) is 11.6. The number of nitrogens with one attached hydrogen (secondary N) is 1. The molecule has 1 heterocycles. The van der Waals surface area contributed by atoms with Crippen molar-refractivity contribution >= 4 is 37.3 Å². The van der Waals surface area contributed by atoms with Crippen molar-refractivity contribution in [3.63, 3.8) is 0 Å². The van der Waals surface area contributed by atoms with Crippen LogP contribution in [-0.2, 0) is 11.3 Å². The van der Waals surface area contributed by atoms with Gasteiger partial charge in [0.15, 0.2) is 0 Å². The Hall–Kier alpha value is -3.01. The molecule has 1 fully saturated rings. The van der Waals surface area contributed by atoms with Gasteiger partial charge in [0, 0.05) is 0 Å². The SMILES string of the molecule is COc1ccc2c(c1)c(C)c(-c1ccc(-c3ccccc3)cc1[SeH])n2CCCCCC(=O)NC1CCC1. The summed E-state index contributed by atoms with van der Waals surface area (Å²) in [6.45, 7) is 3.14. The first-order valence-corrected chi connectivity index (χ1v) is 14.3. The van der Waals surface area contributed by atoms with Crippen molar-refractivity contribution in [2.75, 3.05) is 7.11 Å². The average molecular weight is 560 g/mol. The van der Waals surface area contributed by atoms with Crippen molar-refractivity contribution in [2.24, 2.45) is 0 Å². The normalized spacial score (nSPS) is 13.5. The van der Waals surface area contributed by atoms with Crippen LogP contribution in [0.25, 0.3) is 33.3 Å². The third kappa shape index (κ3) is 5.63. The van der Waals surface area contributed by atoms with Gasteiger partial charge in [0.25, 0.3) is 0 Å². The Bertz CT molecular complexity index is 1390. The number of benzene rings is 3. The number of rotatable bonds is 10. The van der Waals surface area contributed by atoms with Crippen molar-refractivity contribution in [1.29, 1.82) is 0 Å². The van der Waals surface area contributed by atoms with Crippen LogP contribution in [0.1, 0.15) is 50.5 Å². The number of carbonyl (C=O) groups is 1. The number of aryl methyl sites for hydroxylation is 2. The second-order valence-corrected chi connectivity index (χ2v) is 11.1. The molecule has 4 aromatic rings. The summed E-state index contributed by atoms with van der Waals surface area (Å²) in [6.07, 6.45) is 7.17. The molecule has 1 amide bonds. The standard InChI is InChI=1S/C32H36N2O2Se/c1-22-28-21-26(36-2)16-18-29(28)34(19-8-4-7-14-31(35)33-25-12-9-13-25)32(22)27-17-15-24(20-30(27)37)23-10-5-3-6-11-23/h3,5-6,10-11,15-18,20-21,25,37H,4,7-9,12-14,19H2,1-2H3,(H,33,35). The van der Waals surface area contributed by atoms with Gasteiger partial charge in [-0.25, -0.2) is 0 Å². The van der Waals surface area contributed by atoms with E-state index in [0.717, 1.165) is 44.4 Å². The van der Waals surface area contributed by atoms with Crippen molar-refractivity contribution < 1.29 is 9.53 Å². The molecule has 1 saturated carbocycles. The van der Waals surface area contributed by atoms with Crippen molar-refractivity contribution in [3.05, 3.63) is 72.3 Å². The Morgan fingerprint density at radius 2 is 1.81 bits per heavy atom. The first kappa shape index (κ1) is 25.6. The van der Waals surface area contributed by atoms with Crippen LogP contribution in [0.5, 0.6) is 5.75 Å². The molecule has 1 aromatic heterocycles. The van der Waals surface area contributed by atoms with Crippen molar-refractivity contribution in [1.82, 2.24) is 9.88 Å². The minimum atomic E-state index is 0.214. The number of aromatic nitrogens is 1. The number of fused-ring (bicyclic) bond motifs is 1. The van der Waals surface area contributed by atoms with Gasteiger partial charge in [0.2, 0.25) is 0 Å². The minimum Gasteiger partial charge on any atom is -0.0494 e. The zero-order valence-electron chi connectivity index (χ0n) is 21.8. The van der Waals surface area contributed by atoms with E-state index in [1.807, 2.05) is 6.07 Å². The molecular formula is C32H36N2O2Se. The number of carbonyl (C=O) groups excluding carboxylic acids is 1. The molecule has 5 rings (SSSR count). The van der Waals surface area contributed by atoms with Gasteiger partial charge in [-0.1, -0.05) is 0 Å². The maximum absolute atomic E-state index is 12.2. The molecule has 0 spiro atoms. The van der Waals surface area contributed by atoms with Crippen LogP contribution in [0, 0.1) is 6.92 Å². The number of hydrogen-bond acceptors (Lipinski definition) is 2. The van der Waals surface area contributed by atoms with Crippen LogP contribution in [0.15, 0.2) is 66.7 Å². The Balaban J connectivity index is 1.39. The maximum atomic E-state index is 12.2. The van der Waals surface area contributed by atoms with Crippen LogP contribution < -0.4 is 14.5 Å². The van der Waals surface area contributed by atoms with Gasteiger partial charge in [-0.15, -0.1) is 0 Å². The van der Waals surface area contributed by atoms with Crippen molar-refractivity contribution in [2.45, 2.75) is 64.5 Å². The molecule has 0 radical (unpaired) electrons. The molecule has 0 aliphatic heterocycles. The zero-order chi connectivity index (χ0) is 25.8. The van der Waals surface area contributed by atoms with Crippen LogP contribution in [0.3, 0.4) is 0 Å². The van der Waals surface area contributed by atoms with Gasteiger partial charge < -0.3 is 0 Å². The number of hydrogen-bond donors (Lipinski definition) is 1. The third-order valence-corrected chi connectivity index (χ3v) is 8.42. The molecule has 3 aromatic carbocycles. The van der Waals surface area contributed by atoms with Crippen LogP contribution >= 0.6 is 0 Å². The van der Waals surface area contributed by atoms with Crippen LogP contribution in [0.2, 0.25) is 0 Å². The third-order valence-electron chi connectivity index (χ3n) is 7.64. The second-order valence-electron chi connectivity index (χ2n) is 10.1. The summed E-state index contributed by atoms with van der Waals surface area (Å²) in [5.74, 6) is 1.09. The zero-order valence-corrected chi connectivity index (χ0v) is 23.7. The van der Waals surface area contributed by atoms with E-state index in [9.17, 15) is 4.79 Å². The van der Waals surface area contributed by atoms with E-state index >= 15 is 0 Å². The molecule has 0 atom stereocenters. The molecule has 192 valence electrons. The van der Waals surface area contributed by atoms with E-state index in [2.05, 4.69) is 93.5 Å². The first-order chi connectivity index (χ1) is 18.0. The molecule has 4 nitrogen and oxygen atoms in total. The summed E-state index contributed by atoms with van der Waals surface area (Å²) in [5.41, 5.74) is 7.46. The quantitative estimate of drug-likeness (QED) is 0.190. The van der Waals surface area contributed by atoms with Crippen LogP contribution in [0.4, 0.5) is 0 Å². The topological polar surface area (TPSA) is 43.3 Å². The number of unbranched alkanes of at least 4 members (excludes halogenated alkanes) is 2. The van der Waals surface area contributed by atoms with Gasteiger partial charge in [-0.05, 0) is 19.3 Å². The summed E-state index contributed by atoms with van der Waals surface area (Å²) in [6, 6.07) is 24.1. The first-order valence-electron chi connectivity index (χ1n) is 13.4. The molecule has 37 heavy (non-hydrogen) atoms. The van der Waals surface area contributed by atoms with E-state index < -0.39 is 0 Å². The summed E-state index contributed by atoms with van der Waals surface area (Å²) in [4.78, 5) is 12.2. The molecule has 0 unspecified atom stereocenters. The molecule has 1 aliphatic rings. The predicted octanol–water partition coefficient (Wildman–Crippen LogP) is 6.05. The van der Waals surface area contributed by atoms with E-state index in [4.69, 9.17) is 4.74 Å². The average Bonchev–Trinajstić information content (AvgIpc) is 3.17. The molecule has 0 bridgehead atoms. The Morgan fingerprint density at radius 1 is 1.00 bits per heavy atom. The molecule has 0 saturated heterocycles. The number of amides is 1. The van der Waals surface area contributed by atoms with Gasteiger partial charge in [0.05, 0.1) is 0 Å². The van der Waals surface area contributed by atoms with E-state index in [1.165, 1.54) is 49.7 Å². The van der Waals surface area contributed by atoms with Crippen molar-refractivity contribution in [3.8, 4) is 28.1 Å². The Morgan fingerprint density at radius 3 is 2.51 bits per heavy atom. The van der Waals surface area contributed by atoms with Gasteiger partial charge in [0.1, 0.15) is 0 Å². The number of ether oxygens (including phenoxy) is 1. The Kier molecular flexibility index (Phi) is 8.02. The summed E-state index contributed by atoms with van der Waals surface area (Å²) in [7, 11) is 1.72. The fourth-order valence-electron chi connectivity index (χ4n) is 5.33.